The summed E-state index contributed by atoms with van der Waals surface area (Å²) in [5, 5.41) is 10.9. The van der Waals surface area contributed by atoms with E-state index in [1.807, 2.05) is 83.9 Å². The Morgan fingerprint density at radius 3 is 2.30 bits per heavy atom. The van der Waals surface area contributed by atoms with Crippen LogP contribution in [0.4, 0.5) is 5.13 Å². The fraction of sp³-hybridized carbons (Fsp3) is 0.286. The lowest BCUT2D eigenvalue weighted by Crippen LogP contribution is -2.48. The van der Waals surface area contributed by atoms with Crippen molar-refractivity contribution in [1.29, 1.82) is 0 Å². The van der Waals surface area contributed by atoms with Gasteiger partial charge in [0.15, 0.2) is 5.13 Å². The molecule has 1 aliphatic heterocycles. The summed E-state index contributed by atoms with van der Waals surface area (Å²) in [7, 11) is 0. The van der Waals surface area contributed by atoms with Gasteiger partial charge < -0.3 is 20.5 Å². The molecule has 2 amide bonds. The fourth-order valence-electron chi connectivity index (χ4n) is 5.74. The molecule has 3 heterocycles. The van der Waals surface area contributed by atoms with Gasteiger partial charge in [-0.2, -0.15) is 0 Å². The van der Waals surface area contributed by atoms with E-state index in [2.05, 4.69) is 38.0 Å². The molecule has 226 valence electrons. The summed E-state index contributed by atoms with van der Waals surface area (Å²) in [6.45, 7) is 4.46. The van der Waals surface area contributed by atoms with Crippen molar-refractivity contribution in [2.75, 3.05) is 38.0 Å². The maximum atomic E-state index is 13.0. The van der Waals surface area contributed by atoms with Crippen LogP contribution in [0.25, 0.3) is 10.9 Å². The van der Waals surface area contributed by atoms with E-state index in [9.17, 15) is 9.59 Å². The number of hydrogen-bond donors (Lipinski definition) is 3. The zero-order valence-corrected chi connectivity index (χ0v) is 25.6. The van der Waals surface area contributed by atoms with Crippen LogP contribution in [0.1, 0.15) is 22.4 Å². The molecule has 8 nitrogen and oxygen atoms in total. The molecule has 0 unspecified atom stereocenters. The summed E-state index contributed by atoms with van der Waals surface area (Å²) < 4.78 is 0. The summed E-state index contributed by atoms with van der Waals surface area (Å²) in [6.07, 6.45) is 3.54. The molecule has 0 radical (unpaired) electrons. The van der Waals surface area contributed by atoms with Crippen molar-refractivity contribution in [2.45, 2.75) is 31.8 Å². The van der Waals surface area contributed by atoms with Crippen molar-refractivity contribution < 1.29 is 9.59 Å². The lowest BCUT2D eigenvalue weighted by molar-refractivity contribution is -0.132. The minimum Gasteiger partial charge on any atom is -0.361 e. The van der Waals surface area contributed by atoms with Crippen LogP contribution in [-0.4, -0.2) is 70.3 Å². The van der Waals surface area contributed by atoms with Crippen LogP contribution in [0.5, 0.6) is 0 Å². The molecular formula is C35H38N6O2S. The number of amides is 2. The molecule has 0 saturated carbocycles. The minimum absolute atomic E-state index is 0.00376. The number of carbonyl (C=O) groups is 2. The van der Waals surface area contributed by atoms with Crippen LogP contribution in [0, 0.1) is 0 Å². The normalized spacial score (nSPS) is 14.4. The summed E-state index contributed by atoms with van der Waals surface area (Å²) in [5.41, 5.74) is 5.34. The number of rotatable bonds is 12. The number of hydrogen-bond acceptors (Lipinski definition) is 6. The molecular weight excluding hydrogens is 568 g/mol. The van der Waals surface area contributed by atoms with Crippen LogP contribution in [0.2, 0.25) is 0 Å². The quantitative estimate of drug-likeness (QED) is 0.188. The lowest BCUT2D eigenvalue weighted by atomic mass is 10.0. The van der Waals surface area contributed by atoms with E-state index in [0.29, 0.717) is 25.8 Å². The molecule has 6 rings (SSSR count). The molecule has 2 aromatic heterocycles. The molecule has 0 bridgehead atoms. The third kappa shape index (κ3) is 7.92. The average molecular weight is 607 g/mol. The zero-order chi connectivity index (χ0) is 30.1. The second-order valence-electron chi connectivity index (χ2n) is 11.3. The molecule has 1 fully saturated rings. The molecule has 0 spiro atoms. The fourth-order valence-corrected chi connectivity index (χ4v) is 6.45. The third-order valence-electron chi connectivity index (χ3n) is 8.07. The van der Waals surface area contributed by atoms with Gasteiger partial charge in [-0.25, -0.2) is 4.98 Å². The van der Waals surface area contributed by atoms with E-state index in [4.69, 9.17) is 4.98 Å². The van der Waals surface area contributed by atoms with Crippen LogP contribution in [-0.2, 0) is 35.4 Å². The molecule has 1 saturated heterocycles. The maximum absolute atomic E-state index is 13.0. The van der Waals surface area contributed by atoms with Gasteiger partial charge in [0.05, 0.1) is 24.6 Å². The Hall–Kier alpha value is -4.47. The summed E-state index contributed by atoms with van der Waals surface area (Å²) in [5.74, 6) is 0.193. The first-order valence-corrected chi connectivity index (χ1v) is 16.1. The Bertz CT molecular complexity index is 1660. The number of fused-ring (bicyclic) bond motifs is 1. The van der Waals surface area contributed by atoms with Crippen LogP contribution < -0.4 is 10.6 Å². The number of thiazole rings is 1. The van der Waals surface area contributed by atoms with Gasteiger partial charge in [0.1, 0.15) is 0 Å². The van der Waals surface area contributed by atoms with E-state index < -0.39 is 0 Å². The summed E-state index contributed by atoms with van der Waals surface area (Å²) in [6, 6.07) is 27.9. The van der Waals surface area contributed by atoms with E-state index in [1.54, 1.807) is 11.3 Å². The van der Waals surface area contributed by atoms with Crippen molar-refractivity contribution in [3.05, 3.63) is 119 Å². The second-order valence-corrected chi connectivity index (χ2v) is 12.2. The highest BCUT2D eigenvalue weighted by Crippen LogP contribution is 2.21. The predicted molar refractivity (Wildman–Crippen MR) is 177 cm³/mol. The minimum atomic E-state index is -0.112. The topological polar surface area (TPSA) is 93.4 Å². The zero-order valence-electron chi connectivity index (χ0n) is 24.7. The van der Waals surface area contributed by atoms with Crippen LogP contribution >= 0.6 is 11.3 Å². The standard InChI is InChI=1S/C35H38N6O2S/c42-33(19-26-9-3-1-4-10-26)38-29(21-28-22-36-32-14-8-7-13-31(28)32)23-37-35-39-30(25-44-35)24-40-15-17-41(18-16-40)34(43)20-27-11-5-2-6-12-27/h1-14,22,25,29,36H,15-21,23-24H2,(H,37,39)(H,38,42)/t29-/m0/s1. The van der Waals surface area contributed by atoms with Crippen molar-refractivity contribution >= 4 is 39.2 Å². The predicted octanol–water partition coefficient (Wildman–Crippen LogP) is 4.89. The van der Waals surface area contributed by atoms with Crippen molar-refractivity contribution in [1.82, 2.24) is 25.1 Å². The number of anilines is 1. The molecule has 9 heteroatoms. The molecule has 3 N–H and O–H groups in total. The van der Waals surface area contributed by atoms with Gasteiger partial charge in [0.25, 0.3) is 0 Å². The molecule has 44 heavy (non-hydrogen) atoms. The lowest BCUT2D eigenvalue weighted by Gasteiger charge is -2.34. The number of piperazine rings is 1. The molecule has 5 aromatic rings. The Balaban J connectivity index is 1.02. The SMILES string of the molecule is O=C(Cc1ccccc1)N[C@H](CNc1nc(CN2CCN(C(=O)Cc3ccccc3)CC2)cs1)Cc1c[nH]c2ccccc12. The van der Waals surface area contributed by atoms with E-state index in [0.717, 1.165) is 60.2 Å². The highest BCUT2D eigenvalue weighted by molar-refractivity contribution is 7.13. The van der Waals surface area contributed by atoms with Crippen molar-refractivity contribution in [3.8, 4) is 0 Å². The van der Waals surface area contributed by atoms with Gasteiger partial charge in [0.2, 0.25) is 11.8 Å². The highest BCUT2D eigenvalue weighted by Gasteiger charge is 2.22. The number of para-hydroxylation sites is 1. The van der Waals surface area contributed by atoms with Gasteiger partial charge >= 0.3 is 0 Å². The first-order valence-electron chi connectivity index (χ1n) is 15.2. The number of aromatic amines is 1. The van der Waals surface area contributed by atoms with Gasteiger partial charge in [-0.3, -0.25) is 14.5 Å². The summed E-state index contributed by atoms with van der Waals surface area (Å²) in [4.78, 5) is 38.3. The van der Waals surface area contributed by atoms with E-state index >= 15 is 0 Å². The van der Waals surface area contributed by atoms with Gasteiger partial charge in [-0.15, -0.1) is 11.3 Å². The molecule has 1 atom stereocenters. The van der Waals surface area contributed by atoms with E-state index in [-0.39, 0.29) is 17.9 Å². The third-order valence-corrected chi connectivity index (χ3v) is 8.92. The van der Waals surface area contributed by atoms with Crippen LogP contribution in [0.3, 0.4) is 0 Å². The Labute approximate surface area is 262 Å². The Morgan fingerprint density at radius 1 is 0.864 bits per heavy atom. The number of carbonyl (C=O) groups excluding carboxylic acids is 2. The van der Waals surface area contributed by atoms with Gasteiger partial charge in [-0.1, -0.05) is 78.9 Å². The number of aromatic nitrogens is 2. The molecule has 3 aromatic carbocycles. The number of H-pyrrole nitrogens is 1. The number of benzene rings is 3. The Kier molecular flexibility index (Phi) is 9.64. The van der Waals surface area contributed by atoms with Crippen molar-refractivity contribution in [3.63, 3.8) is 0 Å². The highest BCUT2D eigenvalue weighted by atomic mass is 32.1. The Morgan fingerprint density at radius 2 is 1.55 bits per heavy atom. The smallest absolute Gasteiger partial charge is 0.227 e. The largest absolute Gasteiger partial charge is 0.361 e. The maximum Gasteiger partial charge on any atom is 0.227 e. The first-order chi connectivity index (χ1) is 21.6. The molecule has 0 aliphatic carbocycles. The molecule has 1 aliphatic rings. The monoisotopic (exact) mass is 606 g/mol. The van der Waals surface area contributed by atoms with E-state index in [1.165, 1.54) is 10.9 Å². The second kappa shape index (κ2) is 14.3. The number of nitrogens with one attached hydrogen (secondary N) is 3. The van der Waals surface area contributed by atoms with Crippen molar-refractivity contribution in [2.24, 2.45) is 0 Å². The summed E-state index contributed by atoms with van der Waals surface area (Å²) >= 11 is 1.59. The van der Waals surface area contributed by atoms with Gasteiger partial charge in [0, 0.05) is 61.7 Å². The van der Waals surface area contributed by atoms with Crippen LogP contribution in [0.15, 0.2) is 96.5 Å². The average Bonchev–Trinajstić information content (AvgIpc) is 3.68. The first kappa shape index (κ1) is 29.6. The van der Waals surface area contributed by atoms with Gasteiger partial charge in [-0.05, 0) is 29.2 Å². The number of nitrogens with zero attached hydrogens (tertiary/aromatic N) is 3.